The minimum atomic E-state index is -0.0116. The smallest absolute Gasteiger partial charge is 0.263 e. The molecule has 20 heavy (non-hydrogen) atoms. The van der Waals surface area contributed by atoms with Crippen molar-refractivity contribution in [2.24, 2.45) is 0 Å². The minimum Gasteiger partial charge on any atom is -0.373 e. The standard InChI is InChI=1S/C14H23N3O2S/c1-9-7-17(8-10(2)19-9)6-5-15-14(18)13-11(3)16-12(4)20-13/h9-10H,5-8H2,1-4H3,(H,15,18)/t9-,10+. The van der Waals surface area contributed by atoms with Gasteiger partial charge < -0.3 is 10.1 Å². The largest absolute Gasteiger partial charge is 0.373 e. The van der Waals surface area contributed by atoms with E-state index >= 15 is 0 Å². The van der Waals surface area contributed by atoms with Gasteiger partial charge in [-0.2, -0.15) is 0 Å². The van der Waals surface area contributed by atoms with Gasteiger partial charge in [0.25, 0.3) is 5.91 Å². The molecular formula is C14H23N3O2S. The van der Waals surface area contributed by atoms with Crippen molar-refractivity contribution >= 4 is 17.2 Å². The third kappa shape index (κ3) is 4.01. The first-order valence-corrected chi connectivity index (χ1v) is 7.87. The van der Waals surface area contributed by atoms with E-state index in [-0.39, 0.29) is 18.1 Å². The Morgan fingerprint density at radius 1 is 1.40 bits per heavy atom. The molecule has 112 valence electrons. The van der Waals surface area contributed by atoms with Crippen LogP contribution in [0.4, 0.5) is 0 Å². The molecule has 0 bridgehead atoms. The highest BCUT2D eigenvalue weighted by molar-refractivity contribution is 7.13. The van der Waals surface area contributed by atoms with Crippen LogP contribution in [0.1, 0.15) is 34.2 Å². The Labute approximate surface area is 124 Å². The zero-order valence-electron chi connectivity index (χ0n) is 12.6. The first kappa shape index (κ1) is 15.4. The number of morpholine rings is 1. The topological polar surface area (TPSA) is 54.5 Å². The van der Waals surface area contributed by atoms with Crippen molar-refractivity contribution in [3.8, 4) is 0 Å². The molecule has 1 amide bonds. The van der Waals surface area contributed by atoms with E-state index in [1.54, 1.807) is 0 Å². The molecule has 1 aliphatic rings. The van der Waals surface area contributed by atoms with Crippen molar-refractivity contribution in [1.82, 2.24) is 15.2 Å². The van der Waals surface area contributed by atoms with Crippen molar-refractivity contribution in [2.45, 2.75) is 39.9 Å². The van der Waals surface area contributed by atoms with E-state index in [2.05, 4.69) is 29.0 Å². The summed E-state index contributed by atoms with van der Waals surface area (Å²) in [7, 11) is 0. The summed E-state index contributed by atoms with van der Waals surface area (Å²) in [5.74, 6) is -0.0116. The molecule has 1 fully saturated rings. The summed E-state index contributed by atoms with van der Waals surface area (Å²) < 4.78 is 5.70. The average molecular weight is 297 g/mol. The van der Waals surface area contributed by atoms with E-state index in [1.165, 1.54) is 11.3 Å². The fourth-order valence-electron chi connectivity index (χ4n) is 2.62. The van der Waals surface area contributed by atoms with Gasteiger partial charge in [0.1, 0.15) is 4.88 Å². The summed E-state index contributed by atoms with van der Waals surface area (Å²) in [5, 5.41) is 3.91. The third-order valence-corrected chi connectivity index (χ3v) is 4.39. The normalized spacial score (nSPS) is 23.8. The summed E-state index contributed by atoms with van der Waals surface area (Å²) in [6, 6.07) is 0. The molecule has 0 radical (unpaired) electrons. The van der Waals surface area contributed by atoms with Crippen LogP contribution in [0.3, 0.4) is 0 Å². The van der Waals surface area contributed by atoms with Crippen LogP contribution in [0.2, 0.25) is 0 Å². The molecule has 1 aromatic rings. The molecule has 0 saturated carbocycles. The number of ether oxygens (including phenoxy) is 1. The highest BCUT2D eigenvalue weighted by Gasteiger charge is 2.22. The van der Waals surface area contributed by atoms with Crippen LogP contribution in [0, 0.1) is 13.8 Å². The van der Waals surface area contributed by atoms with Crippen molar-refractivity contribution in [1.29, 1.82) is 0 Å². The molecular weight excluding hydrogens is 274 g/mol. The van der Waals surface area contributed by atoms with E-state index in [1.807, 2.05) is 13.8 Å². The maximum atomic E-state index is 12.1. The number of rotatable bonds is 4. The van der Waals surface area contributed by atoms with Gasteiger partial charge in [-0.15, -0.1) is 11.3 Å². The first-order chi connectivity index (χ1) is 9.45. The van der Waals surface area contributed by atoms with Crippen LogP contribution >= 0.6 is 11.3 Å². The quantitative estimate of drug-likeness (QED) is 0.917. The minimum absolute atomic E-state index is 0.0116. The lowest BCUT2D eigenvalue weighted by Gasteiger charge is -2.35. The summed E-state index contributed by atoms with van der Waals surface area (Å²) in [6.07, 6.45) is 0.529. The Hall–Kier alpha value is -0.980. The first-order valence-electron chi connectivity index (χ1n) is 7.05. The van der Waals surface area contributed by atoms with Crippen molar-refractivity contribution < 1.29 is 9.53 Å². The zero-order valence-corrected chi connectivity index (χ0v) is 13.4. The predicted molar refractivity (Wildman–Crippen MR) is 80.4 cm³/mol. The number of carbonyl (C=O) groups excluding carboxylic acids is 1. The number of hydrogen-bond acceptors (Lipinski definition) is 5. The lowest BCUT2D eigenvalue weighted by atomic mass is 10.2. The molecule has 0 spiro atoms. The van der Waals surface area contributed by atoms with Gasteiger partial charge >= 0.3 is 0 Å². The molecule has 6 heteroatoms. The Balaban J connectivity index is 1.78. The van der Waals surface area contributed by atoms with Crippen molar-refractivity contribution in [2.75, 3.05) is 26.2 Å². The molecule has 0 aliphatic carbocycles. The lowest BCUT2D eigenvalue weighted by molar-refractivity contribution is -0.0672. The maximum Gasteiger partial charge on any atom is 0.263 e. The number of aromatic nitrogens is 1. The number of nitrogens with one attached hydrogen (secondary N) is 1. The number of amides is 1. The number of hydrogen-bond donors (Lipinski definition) is 1. The SMILES string of the molecule is Cc1nc(C)c(C(=O)NCCN2C[C@@H](C)O[C@@H](C)C2)s1. The molecule has 0 aromatic carbocycles. The fourth-order valence-corrected chi connectivity index (χ4v) is 3.45. The highest BCUT2D eigenvalue weighted by Crippen LogP contribution is 2.16. The molecule has 2 atom stereocenters. The van der Waals surface area contributed by atoms with Gasteiger partial charge in [-0.1, -0.05) is 0 Å². The van der Waals surface area contributed by atoms with Crippen LogP contribution in [0.15, 0.2) is 0 Å². The second kappa shape index (κ2) is 6.65. The summed E-state index contributed by atoms with van der Waals surface area (Å²) in [5.41, 5.74) is 0.818. The van der Waals surface area contributed by atoms with E-state index < -0.39 is 0 Å². The molecule has 1 saturated heterocycles. The van der Waals surface area contributed by atoms with E-state index in [9.17, 15) is 4.79 Å². The second-order valence-corrected chi connectivity index (χ2v) is 6.62. The van der Waals surface area contributed by atoms with Crippen LogP contribution in [-0.2, 0) is 4.74 Å². The number of nitrogens with zero attached hydrogens (tertiary/aromatic N) is 2. The Bertz CT molecular complexity index is 465. The average Bonchev–Trinajstić information content (AvgIpc) is 2.67. The molecule has 1 aliphatic heterocycles. The number of thiazole rings is 1. The Morgan fingerprint density at radius 2 is 2.05 bits per heavy atom. The number of aryl methyl sites for hydroxylation is 2. The Kier molecular flexibility index (Phi) is 5.12. The zero-order chi connectivity index (χ0) is 14.7. The van der Waals surface area contributed by atoms with Crippen LogP contribution < -0.4 is 5.32 Å². The van der Waals surface area contributed by atoms with Gasteiger partial charge in [0, 0.05) is 26.2 Å². The maximum absolute atomic E-state index is 12.1. The molecule has 2 rings (SSSR count). The van der Waals surface area contributed by atoms with E-state index in [0.717, 1.165) is 35.2 Å². The van der Waals surface area contributed by atoms with Gasteiger partial charge in [0.2, 0.25) is 0 Å². The van der Waals surface area contributed by atoms with Crippen LogP contribution in [-0.4, -0.2) is 54.2 Å². The molecule has 0 unspecified atom stereocenters. The highest BCUT2D eigenvalue weighted by atomic mass is 32.1. The van der Waals surface area contributed by atoms with Gasteiger partial charge in [-0.25, -0.2) is 4.98 Å². The molecule has 1 aromatic heterocycles. The van der Waals surface area contributed by atoms with Gasteiger partial charge in [-0.3, -0.25) is 9.69 Å². The Morgan fingerprint density at radius 3 is 2.60 bits per heavy atom. The summed E-state index contributed by atoms with van der Waals surface area (Å²) in [6.45, 7) is 11.4. The van der Waals surface area contributed by atoms with Crippen molar-refractivity contribution in [3.05, 3.63) is 15.6 Å². The van der Waals surface area contributed by atoms with Gasteiger partial charge in [0.05, 0.1) is 22.9 Å². The van der Waals surface area contributed by atoms with Gasteiger partial charge in [0.15, 0.2) is 0 Å². The number of carbonyl (C=O) groups is 1. The molecule has 5 nitrogen and oxygen atoms in total. The van der Waals surface area contributed by atoms with E-state index in [4.69, 9.17) is 4.74 Å². The predicted octanol–water partition coefficient (Wildman–Crippen LogP) is 1.60. The fraction of sp³-hybridized carbons (Fsp3) is 0.714. The molecule has 1 N–H and O–H groups in total. The second-order valence-electron chi connectivity index (χ2n) is 5.42. The molecule has 2 heterocycles. The monoisotopic (exact) mass is 297 g/mol. The summed E-state index contributed by atoms with van der Waals surface area (Å²) in [4.78, 5) is 19.4. The summed E-state index contributed by atoms with van der Waals surface area (Å²) >= 11 is 1.45. The van der Waals surface area contributed by atoms with Crippen LogP contribution in [0.25, 0.3) is 0 Å². The van der Waals surface area contributed by atoms with Crippen molar-refractivity contribution in [3.63, 3.8) is 0 Å². The van der Waals surface area contributed by atoms with Gasteiger partial charge in [-0.05, 0) is 27.7 Å². The van der Waals surface area contributed by atoms with Crippen LogP contribution in [0.5, 0.6) is 0 Å². The lowest BCUT2D eigenvalue weighted by Crippen LogP contribution is -2.47. The third-order valence-electron chi connectivity index (χ3n) is 3.32. The van der Waals surface area contributed by atoms with E-state index in [0.29, 0.717) is 6.54 Å².